The molecular weight excluding hydrogens is 230 g/mol. The SMILES string of the molecule is CNC(=O)c1ccc(NC2CCC(N)CC2)nn1. The Morgan fingerprint density at radius 1 is 1.28 bits per heavy atom. The van der Waals surface area contributed by atoms with Crippen molar-refractivity contribution >= 4 is 11.7 Å². The van der Waals surface area contributed by atoms with Crippen LogP contribution in [0.25, 0.3) is 0 Å². The number of carbonyl (C=O) groups is 1. The molecule has 98 valence electrons. The van der Waals surface area contributed by atoms with E-state index in [0.29, 0.717) is 23.6 Å². The van der Waals surface area contributed by atoms with Crippen molar-refractivity contribution in [2.45, 2.75) is 37.8 Å². The van der Waals surface area contributed by atoms with E-state index < -0.39 is 0 Å². The Labute approximate surface area is 106 Å². The first kappa shape index (κ1) is 12.8. The van der Waals surface area contributed by atoms with Gasteiger partial charge < -0.3 is 16.4 Å². The van der Waals surface area contributed by atoms with E-state index in [1.165, 1.54) is 0 Å². The second kappa shape index (κ2) is 5.77. The Bertz CT molecular complexity index is 397. The maximum Gasteiger partial charge on any atom is 0.271 e. The predicted molar refractivity (Wildman–Crippen MR) is 69.3 cm³/mol. The van der Waals surface area contributed by atoms with Gasteiger partial charge in [-0.05, 0) is 37.8 Å². The molecule has 0 aliphatic heterocycles. The minimum absolute atomic E-state index is 0.224. The van der Waals surface area contributed by atoms with Crippen molar-refractivity contribution in [3.8, 4) is 0 Å². The van der Waals surface area contributed by atoms with Gasteiger partial charge in [0.15, 0.2) is 5.69 Å². The molecule has 0 saturated heterocycles. The third kappa shape index (κ3) is 3.16. The summed E-state index contributed by atoms with van der Waals surface area (Å²) in [7, 11) is 1.57. The van der Waals surface area contributed by atoms with Crippen molar-refractivity contribution in [1.29, 1.82) is 0 Å². The maximum absolute atomic E-state index is 11.3. The summed E-state index contributed by atoms with van der Waals surface area (Å²) in [5, 5.41) is 13.7. The lowest BCUT2D eigenvalue weighted by Crippen LogP contribution is -2.33. The van der Waals surface area contributed by atoms with Crippen LogP contribution in [0.15, 0.2) is 12.1 Å². The zero-order valence-electron chi connectivity index (χ0n) is 10.5. The Kier molecular flexibility index (Phi) is 4.09. The van der Waals surface area contributed by atoms with Crippen molar-refractivity contribution < 1.29 is 4.79 Å². The number of carbonyl (C=O) groups excluding carboxylic acids is 1. The Hall–Kier alpha value is -1.69. The van der Waals surface area contributed by atoms with E-state index in [1.54, 1.807) is 19.2 Å². The smallest absolute Gasteiger partial charge is 0.271 e. The number of rotatable bonds is 3. The highest BCUT2D eigenvalue weighted by Gasteiger charge is 2.18. The monoisotopic (exact) mass is 249 g/mol. The van der Waals surface area contributed by atoms with Gasteiger partial charge >= 0.3 is 0 Å². The van der Waals surface area contributed by atoms with Crippen LogP contribution in [-0.2, 0) is 0 Å². The van der Waals surface area contributed by atoms with E-state index in [2.05, 4.69) is 20.8 Å². The Morgan fingerprint density at radius 2 is 2.00 bits per heavy atom. The summed E-state index contributed by atoms with van der Waals surface area (Å²) in [6, 6.07) is 4.20. The van der Waals surface area contributed by atoms with Gasteiger partial charge in [0.2, 0.25) is 0 Å². The van der Waals surface area contributed by atoms with Gasteiger partial charge in [-0.15, -0.1) is 10.2 Å². The molecule has 0 atom stereocenters. The highest BCUT2D eigenvalue weighted by molar-refractivity contribution is 5.91. The molecule has 4 N–H and O–H groups in total. The molecule has 0 aromatic carbocycles. The summed E-state index contributed by atoms with van der Waals surface area (Å²) in [5.74, 6) is 0.487. The zero-order chi connectivity index (χ0) is 13.0. The third-order valence-electron chi connectivity index (χ3n) is 3.25. The first-order valence-corrected chi connectivity index (χ1v) is 6.27. The number of hydrogen-bond donors (Lipinski definition) is 3. The number of nitrogens with zero attached hydrogens (tertiary/aromatic N) is 2. The summed E-state index contributed by atoms with van der Waals surface area (Å²) in [6.45, 7) is 0. The van der Waals surface area contributed by atoms with Crippen LogP contribution in [0.1, 0.15) is 36.2 Å². The lowest BCUT2D eigenvalue weighted by molar-refractivity contribution is 0.0957. The summed E-state index contributed by atoms with van der Waals surface area (Å²) in [6.07, 6.45) is 4.20. The summed E-state index contributed by atoms with van der Waals surface area (Å²) < 4.78 is 0. The standard InChI is InChI=1S/C12H19N5O/c1-14-12(18)10-6-7-11(17-16-10)15-9-4-2-8(13)3-5-9/h6-9H,2-5,13H2,1H3,(H,14,18)(H,15,17). The highest BCUT2D eigenvalue weighted by atomic mass is 16.1. The number of amides is 1. The number of aromatic nitrogens is 2. The number of nitrogens with one attached hydrogen (secondary N) is 2. The maximum atomic E-state index is 11.3. The first-order chi connectivity index (χ1) is 8.69. The largest absolute Gasteiger partial charge is 0.366 e. The molecule has 6 nitrogen and oxygen atoms in total. The van der Waals surface area contributed by atoms with Crippen molar-refractivity contribution in [1.82, 2.24) is 15.5 Å². The quantitative estimate of drug-likeness (QED) is 0.726. The molecule has 1 saturated carbocycles. The van der Waals surface area contributed by atoms with Crippen LogP contribution in [0.3, 0.4) is 0 Å². The van der Waals surface area contributed by atoms with Gasteiger partial charge in [-0.25, -0.2) is 0 Å². The van der Waals surface area contributed by atoms with Crippen LogP contribution in [0.5, 0.6) is 0 Å². The van der Waals surface area contributed by atoms with Gasteiger partial charge in [-0.2, -0.15) is 0 Å². The number of nitrogens with two attached hydrogens (primary N) is 1. The highest BCUT2D eigenvalue weighted by Crippen LogP contribution is 2.20. The van der Waals surface area contributed by atoms with E-state index in [9.17, 15) is 4.79 Å². The molecule has 2 rings (SSSR count). The lowest BCUT2D eigenvalue weighted by Gasteiger charge is -2.26. The normalized spacial score (nSPS) is 23.4. The van der Waals surface area contributed by atoms with Crippen molar-refractivity contribution in [3.63, 3.8) is 0 Å². The Morgan fingerprint density at radius 3 is 2.56 bits per heavy atom. The van der Waals surface area contributed by atoms with Gasteiger partial charge in [0, 0.05) is 19.1 Å². The average molecular weight is 249 g/mol. The molecule has 1 aromatic heterocycles. The fourth-order valence-corrected chi connectivity index (χ4v) is 2.13. The molecule has 18 heavy (non-hydrogen) atoms. The van der Waals surface area contributed by atoms with Crippen LogP contribution in [0, 0.1) is 0 Å². The first-order valence-electron chi connectivity index (χ1n) is 6.27. The fourth-order valence-electron chi connectivity index (χ4n) is 2.13. The molecule has 0 radical (unpaired) electrons. The molecule has 1 aliphatic rings. The minimum Gasteiger partial charge on any atom is -0.366 e. The second-order valence-electron chi connectivity index (χ2n) is 4.64. The van der Waals surface area contributed by atoms with Gasteiger partial charge in [-0.1, -0.05) is 0 Å². The molecule has 1 fully saturated rings. The summed E-state index contributed by atoms with van der Waals surface area (Å²) in [4.78, 5) is 11.3. The van der Waals surface area contributed by atoms with Crippen molar-refractivity contribution in [2.24, 2.45) is 5.73 Å². The molecule has 0 spiro atoms. The molecule has 0 bridgehead atoms. The third-order valence-corrected chi connectivity index (χ3v) is 3.25. The van der Waals surface area contributed by atoms with Gasteiger partial charge in [0.05, 0.1) is 0 Å². The number of hydrogen-bond acceptors (Lipinski definition) is 5. The van der Waals surface area contributed by atoms with Gasteiger partial charge in [-0.3, -0.25) is 4.79 Å². The fraction of sp³-hybridized carbons (Fsp3) is 0.583. The van der Waals surface area contributed by atoms with Gasteiger partial charge in [0.1, 0.15) is 5.82 Å². The molecule has 6 heteroatoms. The molecule has 1 aliphatic carbocycles. The molecule has 1 aromatic rings. The van der Waals surface area contributed by atoms with Gasteiger partial charge in [0.25, 0.3) is 5.91 Å². The zero-order valence-corrected chi connectivity index (χ0v) is 10.5. The van der Waals surface area contributed by atoms with E-state index in [4.69, 9.17) is 5.73 Å². The summed E-state index contributed by atoms with van der Waals surface area (Å²) in [5.41, 5.74) is 6.19. The van der Waals surface area contributed by atoms with Crippen LogP contribution < -0.4 is 16.4 Å². The molecular formula is C12H19N5O. The lowest BCUT2D eigenvalue weighted by atomic mass is 9.92. The van der Waals surface area contributed by atoms with Crippen LogP contribution in [0.2, 0.25) is 0 Å². The van der Waals surface area contributed by atoms with E-state index in [-0.39, 0.29) is 5.91 Å². The van der Waals surface area contributed by atoms with E-state index in [1.807, 2.05) is 0 Å². The van der Waals surface area contributed by atoms with Crippen molar-refractivity contribution in [3.05, 3.63) is 17.8 Å². The van der Waals surface area contributed by atoms with Crippen LogP contribution in [0.4, 0.5) is 5.82 Å². The average Bonchev–Trinajstić information content (AvgIpc) is 2.41. The topological polar surface area (TPSA) is 92.9 Å². The number of anilines is 1. The molecule has 1 amide bonds. The second-order valence-corrected chi connectivity index (χ2v) is 4.64. The Balaban J connectivity index is 1.92. The molecule has 0 unspecified atom stereocenters. The predicted octanol–water partition coefficient (Wildman–Crippen LogP) is 0.518. The summed E-state index contributed by atoms with van der Waals surface area (Å²) >= 11 is 0. The minimum atomic E-state index is -0.224. The van der Waals surface area contributed by atoms with Crippen LogP contribution >= 0.6 is 0 Å². The van der Waals surface area contributed by atoms with Crippen LogP contribution in [-0.4, -0.2) is 35.2 Å². The van der Waals surface area contributed by atoms with E-state index in [0.717, 1.165) is 25.7 Å². The molecule has 1 heterocycles. The van der Waals surface area contributed by atoms with Crippen molar-refractivity contribution in [2.75, 3.05) is 12.4 Å². The van der Waals surface area contributed by atoms with E-state index >= 15 is 0 Å².